The highest BCUT2D eigenvalue weighted by Crippen LogP contribution is 2.37. The van der Waals surface area contributed by atoms with Crippen molar-refractivity contribution in [1.29, 1.82) is 0 Å². The highest BCUT2D eigenvalue weighted by molar-refractivity contribution is 6.08. The summed E-state index contributed by atoms with van der Waals surface area (Å²) in [6, 6.07) is 8.94. The first kappa shape index (κ1) is 16.6. The number of furan rings is 1. The van der Waals surface area contributed by atoms with Gasteiger partial charge in [-0.3, -0.25) is 0 Å². The van der Waals surface area contributed by atoms with Gasteiger partial charge in [-0.05, 0) is 13.8 Å². The van der Waals surface area contributed by atoms with Crippen molar-refractivity contribution in [3.63, 3.8) is 0 Å². The van der Waals surface area contributed by atoms with Crippen LogP contribution in [0.3, 0.4) is 0 Å². The first-order valence-electron chi connectivity index (χ1n) is 7.24. The minimum absolute atomic E-state index is 0.00773. The molecule has 0 saturated heterocycles. The van der Waals surface area contributed by atoms with Gasteiger partial charge in [0.25, 0.3) is 0 Å². The van der Waals surface area contributed by atoms with Gasteiger partial charge in [0, 0.05) is 5.56 Å². The summed E-state index contributed by atoms with van der Waals surface area (Å²) in [6.45, 7) is 3.69. The zero-order valence-electron chi connectivity index (χ0n) is 13.3. The van der Waals surface area contributed by atoms with Gasteiger partial charge in [0.1, 0.15) is 5.56 Å². The summed E-state index contributed by atoms with van der Waals surface area (Å²) in [5.41, 5.74) is 0.574. The first-order chi connectivity index (χ1) is 11.1. The second kappa shape index (κ2) is 7.49. The third-order valence-corrected chi connectivity index (χ3v) is 3.06. The minimum Gasteiger partial charge on any atom is -0.468 e. The third-order valence-electron chi connectivity index (χ3n) is 3.06. The number of benzene rings is 1. The molecule has 23 heavy (non-hydrogen) atoms. The topological polar surface area (TPSA) is 75.0 Å². The second-order valence-electron chi connectivity index (χ2n) is 4.48. The van der Waals surface area contributed by atoms with Crippen LogP contribution in [0.25, 0.3) is 11.3 Å². The van der Waals surface area contributed by atoms with Gasteiger partial charge in [0.2, 0.25) is 0 Å². The van der Waals surface area contributed by atoms with E-state index in [0.717, 1.165) is 0 Å². The Hall–Kier alpha value is -2.76. The van der Waals surface area contributed by atoms with Crippen molar-refractivity contribution < 1.29 is 28.2 Å². The van der Waals surface area contributed by atoms with Crippen molar-refractivity contribution in [2.45, 2.75) is 13.8 Å². The summed E-state index contributed by atoms with van der Waals surface area (Å²) < 4.78 is 20.8. The summed E-state index contributed by atoms with van der Waals surface area (Å²) in [5, 5.41) is 0. The molecular formula is C17H18O6. The molecule has 1 aromatic carbocycles. The van der Waals surface area contributed by atoms with Gasteiger partial charge in [0.15, 0.2) is 11.3 Å². The molecule has 0 bridgehead atoms. The average molecular weight is 318 g/mol. The van der Waals surface area contributed by atoms with Crippen LogP contribution in [0.5, 0.6) is 5.95 Å². The van der Waals surface area contributed by atoms with Crippen molar-refractivity contribution in [3.05, 3.63) is 41.5 Å². The first-order valence-corrected chi connectivity index (χ1v) is 7.24. The molecule has 0 fully saturated rings. The molecule has 0 aliphatic carbocycles. The van der Waals surface area contributed by atoms with Gasteiger partial charge in [-0.1, -0.05) is 30.3 Å². The Balaban J connectivity index is 2.66. The van der Waals surface area contributed by atoms with Crippen molar-refractivity contribution in [2.75, 3.05) is 20.3 Å². The molecule has 0 aliphatic rings. The molecule has 0 saturated carbocycles. The normalized spacial score (nSPS) is 10.2. The molecule has 1 heterocycles. The van der Waals surface area contributed by atoms with Crippen LogP contribution in [0, 0.1) is 0 Å². The second-order valence-corrected chi connectivity index (χ2v) is 4.48. The number of esters is 2. The number of methoxy groups -OCH3 is 1. The van der Waals surface area contributed by atoms with E-state index in [2.05, 4.69) is 0 Å². The zero-order valence-corrected chi connectivity index (χ0v) is 13.3. The van der Waals surface area contributed by atoms with Gasteiger partial charge < -0.3 is 18.6 Å². The zero-order chi connectivity index (χ0) is 16.8. The van der Waals surface area contributed by atoms with Gasteiger partial charge in [0.05, 0.1) is 20.3 Å². The smallest absolute Gasteiger partial charge is 0.346 e. The summed E-state index contributed by atoms with van der Waals surface area (Å²) in [7, 11) is 1.35. The number of hydrogen-bond acceptors (Lipinski definition) is 6. The molecule has 122 valence electrons. The number of carbonyl (C=O) groups is 2. The Morgan fingerprint density at radius 1 is 0.957 bits per heavy atom. The number of ether oxygens (including phenoxy) is 3. The molecule has 2 aromatic rings. The van der Waals surface area contributed by atoms with E-state index in [9.17, 15) is 9.59 Å². The molecule has 0 amide bonds. The van der Waals surface area contributed by atoms with Crippen molar-refractivity contribution in [3.8, 4) is 17.3 Å². The number of rotatable bonds is 6. The number of carbonyl (C=O) groups excluding carboxylic acids is 2. The van der Waals surface area contributed by atoms with Crippen molar-refractivity contribution in [2.24, 2.45) is 0 Å². The fraction of sp³-hybridized carbons (Fsp3) is 0.294. The van der Waals surface area contributed by atoms with E-state index < -0.39 is 11.9 Å². The van der Waals surface area contributed by atoms with E-state index in [1.807, 2.05) is 6.07 Å². The van der Waals surface area contributed by atoms with E-state index in [0.29, 0.717) is 5.56 Å². The van der Waals surface area contributed by atoms with E-state index in [4.69, 9.17) is 18.6 Å². The standard InChI is InChI=1S/C17H18O6/c1-4-21-15(18)12-13(16(19)22-5-2)17(20-3)23-14(12)11-9-7-6-8-10-11/h6-10H,4-5H2,1-3H3. The van der Waals surface area contributed by atoms with E-state index in [-0.39, 0.29) is 36.0 Å². The lowest BCUT2D eigenvalue weighted by Crippen LogP contribution is -2.13. The van der Waals surface area contributed by atoms with Crippen LogP contribution in [0.4, 0.5) is 0 Å². The quantitative estimate of drug-likeness (QED) is 0.761. The number of hydrogen-bond donors (Lipinski definition) is 0. The molecule has 0 spiro atoms. The van der Waals surface area contributed by atoms with Crippen LogP contribution in [0.2, 0.25) is 0 Å². The molecule has 0 radical (unpaired) electrons. The highest BCUT2D eigenvalue weighted by atomic mass is 16.6. The lowest BCUT2D eigenvalue weighted by molar-refractivity contribution is 0.0477. The Morgan fingerprint density at radius 3 is 2.04 bits per heavy atom. The summed E-state index contributed by atoms with van der Waals surface area (Å²) in [5.74, 6) is -1.23. The van der Waals surface area contributed by atoms with Crippen LogP contribution in [0.15, 0.2) is 34.7 Å². The summed E-state index contributed by atoms with van der Waals surface area (Å²) >= 11 is 0. The van der Waals surface area contributed by atoms with Crippen LogP contribution in [-0.4, -0.2) is 32.3 Å². The largest absolute Gasteiger partial charge is 0.468 e. The molecule has 0 unspecified atom stereocenters. The Bertz CT molecular complexity index is 687. The molecule has 0 N–H and O–H groups in total. The maximum Gasteiger partial charge on any atom is 0.346 e. The predicted molar refractivity (Wildman–Crippen MR) is 82.6 cm³/mol. The molecular weight excluding hydrogens is 300 g/mol. The Labute approximate surface area is 134 Å². The predicted octanol–water partition coefficient (Wildman–Crippen LogP) is 3.31. The fourth-order valence-corrected chi connectivity index (χ4v) is 2.13. The Morgan fingerprint density at radius 2 is 1.52 bits per heavy atom. The Kier molecular flexibility index (Phi) is 5.41. The molecule has 6 heteroatoms. The SMILES string of the molecule is CCOC(=O)c1c(OC)oc(-c2ccccc2)c1C(=O)OCC. The molecule has 6 nitrogen and oxygen atoms in total. The van der Waals surface area contributed by atoms with E-state index in [1.165, 1.54) is 7.11 Å². The lowest BCUT2D eigenvalue weighted by atomic mass is 10.1. The maximum absolute atomic E-state index is 12.4. The summed E-state index contributed by atoms with van der Waals surface area (Å²) in [4.78, 5) is 24.6. The van der Waals surface area contributed by atoms with Gasteiger partial charge >= 0.3 is 17.9 Å². The third kappa shape index (κ3) is 3.36. The molecule has 0 atom stereocenters. The van der Waals surface area contributed by atoms with E-state index in [1.54, 1.807) is 38.1 Å². The molecule has 0 aliphatic heterocycles. The van der Waals surface area contributed by atoms with Gasteiger partial charge in [-0.2, -0.15) is 0 Å². The van der Waals surface area contributed by atoms with Crippen LogP contribution < -0.4 is 4.74 Å². The van der Waals surface area contributed by atoms with Gasteiger partial charge in [-0.25, -0.2) is 9.59 Å². The average Bonchev–Trinajstić information content (AvgIpc) is 2.96. The summed E-state index contributed by atoms with van der Waals surface area (Å²) in [6.07, 6.45) is 0. The van der Waals surface area contributed by atoms with Crippen molar-refractivity contribution >= 4 is 11.9 Å². The minimum atomic E-state index is -0.696. The van der Waals surface area contributed by atoms with Crippen LogP contribution in [0.1, 0.15) is 34.6 Å². The van der Waals surface area contributed by atoms with E-state index >= 15 is 0 Å². The molecule has 2 rings (SSSR count). The lowest BCUT2D eigenvalue weighted by Gasteiger charge is -2.05. The van der Waals surface area contributed by atoms with Crippen LogP contribution >= 0.6 is 0 Å². The highest BCUT2D eigenvalue weighted by Gasteiger charge is 2.33. The molecule has 1 aromatic heterocycles. The van der Waals surface area contributed by atoms with Crippen LogP contribution in [-0.2, 0) is 9.47 Å². The fourth-order valence-electron chi connectivity index (χ4n) is 2.13. The monoisotopic (exact) mass is 318 g/mol. The maximum atomic E-state index is 12.4. The van der Waals surface area contributed by atoms with Crippen molar-refractivity contribution in [1.82, 2.24) is 0 Å². The van der Waals surface area contributed by atoms with Gasteiger partial charge in [-0.15, -0.1) is 0 Å².